The van der Waals surface area contributed by atoms with E-state index in [1.54, 1.807) is 18.2 Å². The van der Waals surface area contributed by atoms with Gasteiger partial charge in [-0.1, -0.05) is 56.3 Å². The van der Waals surface area contributed by atoms with E-state index >= 15 is 0 Å². The first kappa shape index (κ1) is 23.3. The lowest BCUT2D eigenvalue weighted by Gasteiger charge is -2.27. The van der Waals surface area contributed by atoms with Gasteiger partial charge >= 0.3 is 6.18 Å². The molecule has 32 heavy (non-hydrogen) atoms. The molecule has 0 saturated heterocycles. The Labute approximate surface area is 178 Å². The second-order valence-electron chi connectivity index (χ2n) is 7.47. The number of phenols is 1. The fourth-order valence-corrected chi connectivity index (χ4v) is 3.30. The number of rotatable bonds is 4. The summed E-state index contributed by atoms with van der Waals surface area (Å²) in [5, 5.41) is 10.7. The van der Waals surface area contributed by atoms with Crippen molar-refractivity contribution in [3.05, 3.63) is 94.1 Å². The van der Waals surface area contributed by atoms with Crippen molar-refractivity contribution in [2.45, 2.75) is 25.4 Å². The third-order valence-corrected chi connectivity index (χ3v) is 5.09. The van der Waals surface area contributed by atoms with Gasteiger partial charge in [-0.25, -0.2) is 22.6 Å². The van der Waals surface area contributed by atoms with Gasteiger partial charge in [0.2, 0.25) is 0 Å². The molecular formula is C23H16F7NO. The number of hydrogen-bond donors (Lipinski definition) is 1. The summed E-state index contributed by atoms with van der Waals surface area (Å²) in [7, 11) is 0. The Morgan fingerprint density at radius 3 is 1.88 bits per heavy atom. The number of aliphatic imine (C=N–C) groups is 1. The van der Waals surface area contributed by atoms with Crippen LogP contribution in [0.2, 0.25) is 0 Å². The Morgan fingerprint density at radius 2 is 1.34 bits per heavy atom. The van der Waals surface area contributed by atoms with Gasteiger partial charge < -0.3 is 5.11 Å². The molecule has 3 rings (SSSR count). The minimum atomic E-state index is -5.65. The minimum Gasteiger partial charge on any atom is -0.507 e. The Morgan fingerprint density at radius 1 is 0.781 bits per heavy atom. The van der Waals surface area contributed by atoms with E-state index in [9.17, 15) is 35.8 Å². The number of phenolic OH excluding ortho intramolecular Hbond substituents is 1. The van der Waals surface area contributed by atoms with Gasteiger partial charge in [0.25, 0.3) is 0 Å². The highest BCUT2D eigenvalue weighted by molar-refractivity contribution is 5.86. The Kier molecular flexibility index (Phi) is 6.04. The van der Waals surface area contributed by atoms with Gasteiger partial charge in [-0.05, 0) is 11.6 Å². The lowest BCUT2D eigenvalue weighted by Crippen LogP contribution is -2.19. The Balaban J connectivity index is 2.08. The molecule has 0 fully saturated rings. The van der Waals surface area contributed by atoms with Crippen LogP contribution in [0.3, 0.4) is 0 Å². The second-order valence-corrected chi connectivity index (χ2v) is 7.47. The summed E-state index contributed by atoms with van der Waals surface area (Å²) in [5.74, 6) is -10.1. The van der Waals surface area contributed by atoms with E-state index in [1.165, 1.54) is 12.1 Å². The Bertz CT molecular complexity index is 1160. The third-order valence-electron chi connectivity index (χ3n) is 5.09. The molecule has 3 aromatic carbocycles. The molecule has 0 heterocycles. The van der Waals surface area contributed by atoms with Gasteiger partial charge in [-0.2, -0.15) is 13.2 Å². The summed E-state index contributed by atoms with van der Waals surface area (Å²) in [6.45, 7) is 3.64. The number of aromatic hydroxyl groups is 1. The third kappa shape index (κ3) is 4.06. The first-order chi connectivity index (χ1) is 14.9. The van der Waals surface area contributed by atoms with Crippen LogP contribution in [-0.2, 0) is 11.6 Å². The van der Waals surface area contributed by atoms with Crippen LogP contribution < -0.4 is 0 Å². The van der Waals surface area contributed by atoms with Crippen molar-refractivity contribution in [3.8, 4) is 5.75 Å². The van der Waals surface area contributed by atoms with E-state index in [2.05, 4.69) is 4.99 Å². The molecule has 0 atom stereocenters. The number of halogens is 7. The monoisotopic (exact) mass is 455 g/mol. The maximum atomic E-state index is 14.1. The quantitative estimate of drug-likeness (QED) is 0.255. The normalized spacial score (nSPS) is 12.5. The molecule has 1 N–H and O–H groups in total. The van der Waals surface area contributed by atoms with Gasteiger partial charge in [0.1, 0.15) is 17.0 Å². The number of benzene rings is 3. The molecule has 0 aromatic heterocycles. The molecule has 0 bridgehead atoms. The van der Waals surface area contributed by atoms with Crippen LogP contribution in [-0.4, -0.2) is 11.3 Å². The van der Waals surface area contributed by atoms with Crippen molar-refractivity contribution >= 4 is 11.9 Å². The van der Waals surface area contributed by atoms with E-state index in [1.807, 2.05) is 32.0 Å². The highest BCUT2D eigenvalue weighted by atomic mass is 19.4. The summed E-state index contributed by atoms with van der Waals surface area (Å²) in [6, 6.07) is 13.5. The topological polar surface area (TPSA) is 32.6 Å². The molecule has 0 aliphatic heterocycles. The van der Waals surface area contributed by atoms with Crippen LogP contribution in [0, 0.1) is 23.3 Å². The Hall–Kier alpha value is -3.36. The van der Waals surface area contributed by atoms with Crippen LogP contribution in [0.4, 0.5) is 36.4 Å². The van der Waals surface area contributed by atoms with Crippen molar-refractivity contribution in [2.24, 2.45) is 4.99 Å². The van der Waals surface area contributed by atoms with Crippen LogP contribution in [0.1, 0.15) is 36.1 Å². The first-order valence-corrected chi connectivity index (χ1v) is 9.22. The molecule has 0 aliphatic rings. The summed E-state index contributed by atoms with van der Waals surface area (Å²) in [5.41, 5.74) is -3.78. The van der Waals surface area contributed by atoms with Crippen molar-refractivity contribution in [1.29, 1.82) is 0 Å². The van der Waals surface area contributed by atoms with Crippen molar-refractivity contribution in [2.75, 3.05) is 0 Å². The van der Waals surface area contributed by atoms with Gasteiger partial charge in [0.05, 0.1) is 0 Å². The predicted molar refractivity (Wildman–Crippen MR) is 105 cm³/mol. The SMILES string of the molecule is CC(C)(c1ccccc1)c1cccc(C=Nc2c(F)c(F)c(C(F)(F)F)c(F)c2F)c1O. The molecule has 0 radical (unpaired) electrons. The summed E-state index contributed by atoms with van der Waals surface area (Å²) in [4.78, 5) is 3.29. The largest absolute Gasteiger partial charge is 0.507 e. The van der Waals surface area contributed by atoms with Crippen LogP contribution in [0.25, 0.3) is 0 Å². The van der Waals surface area contributed by atoms with Crippen molar-refractivity contribution in [1.82, 2.24) is 0 Å². The maximum Gasteiger partial charge on any atom is 0.422 e. The average molecular weight is 455 g/mol. The van der Waals surface area contributed by atoms with Crippen LogP contribution in [0.15, 0.2) is 53.5 Å². The van der Waals surface area contributed by atoms with E-state index < -0.39 is 46.1 Å². The van der Waals surface area contributed by atoms with E-state index in [0.29, 0.717) is 11.8 Å². The van der Waals surface area contributed by atoms with E-state index in [4.69, 9.17) is 0 Å². The highest BCUT2D eigenvalue weighted by Gasteiger charge is 2.42. The second kappa shape index (κ2) is 8.29. The molecular weight excluding hydrogens is 439 g/mol. The molecule has 9 heteroatoms. The fraction of sp³-hybridized carbons (Fsp3) is 0.174. The zero-order chi connectivity index (χ0) is 23.8. The van der Waals surface area contributed by atoms with Crippen LogP contribution >= 0.6 is 0 Å². The summed E-state index contributed by atoms with van der Waals surface area (Å²) < 4.78 is 93.9. The van der Waals surface area contributed by atoms with E-state index in [-0.39, 0.29) is 11.3 Å². The summed E-state index contributed by atoms with van der Waals surface area (Å²) in [6.07, 6.45) is -4.93. The van der Waals surface area contributed by atoms with Crippen LogP contribution in [0.5, 0.6) is 5.75 Å². The maximum absolute atomic E-state index is 14.1. The van der Waals surface area contributed by atoms with Crippen molar-refractivity contribution in [3.63, 3.8) is 0 Å². The summed E-state index contributed by atoms with van der Waals surface area (Å²) >= 11 is 0. The molecule has 0 aliphatic carbocycles. The lowest BCUT2D eigenvalue weighted by atomic mass is 9.77. The molecule has 2 nitrogen and oxygen atoms in total. The molecule has 0 spiro atoms. The zero-order valence-electron chi connectivity index (χ0n) is 16.7. The highest BCUT2D eigenvalue weighted by Crippen LogP contribution is 2.40. The molecule has 0 saturated carbocycles. The van der Waals surface area contributed by atoms with Crippen molar-refractivity contribution < 1.29 is 35.8 Å². The lowest BCUT2D eigenvalue weighted by molar-refractivity contribution is -0.143. The number of para-hydroxylation sites is 1. The first-order valence-electron chi connectivity index (χ1n) is 9.22. The molecule has 3 aromatic rings. The van der Waals surface area contributed by atoms with Gasteiger partial charge in [-0.3, -0.25) is 0 Å². The smallest absolute Gasteiger partial charge is 0.422 e. The molecule has 0 amide bonds. The fourth-order valence-electron chi connectivity index (χ4n) is 3.30. The van der Waals surface area contributed by atoms with Gasteiger partial charge in [0.15, 0.2) is 23.3 Å². The average Bonchev–Trinajstić information content (AvgIpc) is 2.73. The van der Waals surface area contributed by atoms with Gasteiger partial charge in [-0.15, -0.1) is 0 Å². The number of alkyl halides is 3. The zero-order valence-corrected chi connectivity index (χ0v) is 16.7. The minimum absolute atomic E-state index is 0.0639. The number of nitrogens with zero attached hydrogens (tertiary/aromatic N) is 1. The standard InChI is InChI=1S/C23H16F7NO/c1-22(2,13-8-4-3-5-9-13)14-10-6-7-12(21(14)32)11-31-20-18(26)16(24)15(23(28,29)30)17(25)19(20)27/h3-11,32H,1-2H3. The number of hydrogen-bond acceptors (Lipinski definition) is 2. The van der Waals surface area contributed by atoms with Gasteiger partial charge in [0, 0.05) is 22.8 Å². The van der Waals surface area contributed by atoms with E-state index in [0.717, 1.165) is 5.56 Å². The molecule has 168 valence electrons. The predicted octanol–water partition coefficient (Wildman–Crippen LogP) is 7.04. The molecule has 0 unspecified atom stereocenters.